The van der Waals surface area contributed by atoms with Crippen molar-refractivity contribution in [1.29, 1.82) is 0 Å². The van der Waals surface area contributed by atoms with Gasteiger partial charge in [-0.3, -0.25) is 4.79 Å². The van der Waals surface area contributed by atoms with Gasteiger partial charge in [0.1, 0.15) is 0 Å². The second-order valence-electron chi connectivity index (χ2n) is 3.98. The Morgan fingerprint density at radius 2 is 1.88 bits per heavy atom. The molecule has 0 atom stereocenters. The van der Waals surface area contributed by atoms with Crippen molar-refractivity contribution in [3.8, 4) is 11.5 Å². The molecule has 1 aromatic carbocycles. The number of methoxy groups -OCH3 is 2. The maximum Gasteiger partial charge on any atom is 0.171 e. The maximum absolute atomic E-state index is 10.9. The standard InChI is InChI=1S/C12H16O4/c1-12(2,14)9-5-8(7-13)11(16-4)10(6-9)15-3/h5-7,14H,1-4H3. The molecular weight excluding hydrogens is 208 g/mol. The Labute approximate surface area is 94.8 Å². The lowest BCUT2D eigenvalue weighted by Crippen LogP contribution is -2.16. The van der Waals surface area contributed by atoms with Crippen LogP contribution in [-0.4, -0.2) is 25.6 Å². The summed E-state index contributed by atoms with van der Waals surface area (Å²) >= 11 is 0. The number of ether oxygens (including phenoxy) is 2. The van der Waals surface area contributed by atoms with Crippen LogP contribution in [0.2, 0.25) is 0 Å². The minimum Gasteiger partial charge on any atom is -0.493 e. The molecule has 88 valence electrons. The lowest BCUT2D eigenvalue weighted by Gasteiger charge is -2.20. The summed E-state index contributed by atoms with van der Waals surface area (Å²) in [5.74, 6) is 0.815. The van der Waals surface area contributed by atoms with Crippen LogP contribution in [0.3, 0.4) is 0 Å². The van der Waals surface area contributed by atoms with Crippen LogP contribution >= 0.6 is 0 Å². The number of carbonyl (C=O) groups excluding carboxylic acids is 1. The highest BCUT2D eigenvalue weighted by atomic mass is 16.5. The van der Waals surface area contributed by atoms with Crippen molar-refractivity contribution in [3.05, 3.63) is 23.3 Å². The van der Waals surface area contributed by atoms with Gasteiger partial charge in [0.15, 0.2) is 17.8 Å². The van der Waals surface area contributed by atoms with E-state index < -0.39 is 5.60 Å². The van der Waals surface area contributed by atoms with Crippen LogP contribution in [0.4, 0.5) is 0 Å². The zero-order chi connectivity index (χ0) is 12.3. The molecule has 1 rings (SSSR count). The molecule has 16 heavy (non-hydrogen) atoms. The van der Waals surface area contributed by atoms with Gasteiger partial charge >= 0.3 is 0 Å². The Balaban J connectivity index is 3.43. The monoisotopic (exact) mass is 224 g/mol. The van der Waals surface area contributed by atoms with E-state index in [2.05, 4.69) is 0 Å². The number of benzene rings is 1. The molecule has 1 aromatic rings. The Hall–Kier alpha value is -1.55. The van der Waals surface area contributed by atoms with E-state index in [-0.39, 0.29) is 0 Å². The Morgan fingerprint density at radius 1 is 1.25 bits per heavy atom. The summed E-state index contributed by atoms with van der Waals surface area (Å²) in [5.41, 5.74) is -0.0663. The molecule has 0 aliphatic carbocycles. The molecule has 0 saturated heterocycles. The van der Waals surface area contributed by atoms with Gasteiger partial charge in [-0.2, -0.15) is 0 Å². The first-order chi connectivity index (χ1) is 7.43. The van der Waals surface area contributed by atoms with Gasteiger partial charge in [0, 0.05) is 0 Å². The van der Waals surface area contributed by atoms with E-state index in [1.54, 1.807) is 26.0 Å². The van der Waals surface area contributed by atoms with Gasteiger partial charge in [-0.1, -0.05) is 0 Å². The van der Waals surface area contributed by atoms with Crippen molar-refractivity contribution in [1.82, 2.24) is 0 Å². The number of hydrogen-bond acceptors (Lipinski definition) is 4. The SMILES string of the molecule is COc1cc(C(C)(C)O)cc(C=O)c1OC. The third-order valence-corrected chi connectivity index (χ3v) is 2.34. The Bertz CT molecular complexity index is 391. The van der Waals surface area contributed by atoms with Crippen LogP contribution in [0.25, 0.3) is 0 Å². The van der Waals surface area contributed by atoms with E-state index in [0.717, 1.165) is 0 Å². The number of aldehydes is 1. The molecular formula is C12H16O4. The molecule has 0 aliphatic rings. The van der Waals surface area contributed by atoms with Crippen molar-refractivity contribution < 1.29 is 19.4 Å². The van der Waals surface area contributed by atoms with E-state index >= 15 is 0 Å². The van der Waals surface area contributed by atoms with Crippen molar-refractivity contribution in [2.75, 3.05) is 14.2 Å². The van der Waals surface area contributed by atoms with E-state index in [9.17, 15) is 9.90 Å². The van der Waals surface area contributed by atoms with E-state index in [0.29, 0.717) is 28.9 Å². The van der Waals surface area contributed by atoms with Crippen molar-refractivity contribution >= 4 is 6.29 Å². The van der Waals surface area contributed by atoms with Crippen LogP contribution in [0.1, 0.15) is 29.8 Å². The van der Waals surface area contributed by atoms with Crippen molar-refractivity contribution in [2.24, 2.45) is 0 Å². The van der Waals surface area contributed by atoms with E-state index in [1.807, 2.05) is 0 Å². The molecule has 0 radical (unpaired) electrons. The molecule has 0 bridgehead atoms. The molecule has 0 aliphatic heterocycles. The van der Waals surface area contributed by atoms with Gasteiger partial charge in [-0.25, -0.2) is 0 Å². The summed E-state index contributed by atoms with van der Waals surface area (Å²) in [6, 6.07) is 3.25. The molecule has 0 spiro atoms. The fourth-order valence-corrected chi connectivity index (χ4v) is 1.43. The molecule has 0 unspecified atom stereocenters. The second-order valence-corrected chi connectivity index (χ2v) is 3.98. The topological polar surface area (TPSA) is 55.8 Å². The average molecular weight is 224 g/mol. The normalized spacial score (nSPS) is 11.1. The first kappa shape index (κ1) is 12.5. The lowest BCUT2D eigenvalue weighted by molar-refractivity contribution is 0.0781. The average Bonchev–Trinajstić information content (AvgIpc) is 2.25. The first-order valence-corrected chi connectivity index (χ1v) is 4.88. The third-order valence-electron chi connectivity index (χ3n) is 2.34. The van der Waals surface area contributed by atoms with Crippen LogP contribution < -0.4 is 9.47 Å². The molecule has 4 nitrogen and oxygen atoms in total. The van der Waals surface area contributed by atoms with Gasteiger partial charge in [-0.15, -0.1) is 0 Å². The fourth-order valence-electron chi connectivity index (χ4n) is 1.43. The van der Waals surface area contributed by atoms with Crippen LogP contribution in [-0.2, 0) is 5.60 Å². The minimum atomic E-state index is -1.03. The number of rotatable bonds is 4. The zero-order valence-electron chi connectivity index (χ0n) is 9.90. The highest BCUT2D eigenvalue weighted by Crippen LogP contribution is 2.35. The molecule has 0 fully saturated rings. The molecule has 0 saturated carbocycles. The van der Waals surface area contributed by atoms with Crippen molar-refractivity contribution in [2.45, 2.75) is 19.4 Å². The van der Waals surface area contributed by atoms with Gasteiger partial charge < -0.3 is 14.6 Å². The summed E-state index contributed by atoms with van der Waals surface area (Å²) in [6.07, 6.45) is 0.677. The Morgan fingerprint density at radius 3 is 2.25 bits per heavy atom. The summed E-state index contributed by atoms with van der Waals surface area (Å²) in [6.45, 7) is 3.28. The minimum absolute atomic E-state index is 0.360. The summed E-state index contributed by atoms with van der Waals surface area (Å²) < 4.78 is 10.2. The van der Waals surface area contributed by atoms with Crippen LogP contribution in [0, 0.1) is 0 Å². The molecule has 0 amide bonds. The second kappa shape index (κ2) is 4.53. The fraction of sp³-hybridized carbons (Fsp3) is 0.417. The van der Waals surface area contributed by atoms with Crippen LogP contribution in [0.5, 0.6) is 11.5 Å². The Kier molecular flexibility index (Phi) is 3.55. The summed E-state index contributed by atoms with van der Waals surface area (Å²) in [7, 11) is 2.95. The van der Waals surface area contributed by atoms with E-state index in [4.69, 9.17) is 9.47 Å². The largest absolute Gasteiger partial charge is 0.493 e. The maximum atomic E-state index is 10.9. The number of carbonyl (C=O) groups is 1. The molecule has 4 heteroatoms. The predicted molar refractivity (Wildman–Crippen MR) is 60.2 cm³/mol. The quantitative estimate of drug-likeness (QED) is 0.791. The summed E-state index contributed by atoms with van der Waals surface area (Å²) in [4.78, 5) is 10.9. The lowest BCUT2D eigenvalue weighted by atomic mass is 9.96. The van der Waals surface area contributed by atoms with Crippen molar-refractivity contribution in [3.63, 3.8) is 0 Å². The molecule has 0 aromatic heterocycles. The third kappa shape index (κ3) is 2.33. The van der Waals surface area contributed by atoms with Gasteiger partial charge in [0.2, 0.25) is 0 Å². The number of hydrogen-bond donors (Lipinski definition) is 1. The molecule has 0 heterocycles. The summed E-state index contributed by atoms with van der Waals surface area (Å²) in [5, 5.41) is 9.88. The highest BCUT2D eigenvalue weighted by molar-refractivity contribution is 5.82. The van der Waals surface area contributed by atoms with Gasteiger partial charge in [0.05, 0.1) is 25.4 Å². The first-order valence-electron chi connectivity index (χ1n) is 4.88. The highest BCUT2D eigenvalue weighted by Gasteiger charge is 2.21. The van der Waals surface area contributed by atoms with Crippen LogP contribution in [0.15, 0.2) is 12.1 Å². The van der Waals surface area contributed by atoms with E-state index in [1.165, 1.54) is 14.2 Å². The number of aliphatic hydroxyl groups is 1. The molecule has 1 N–H and O–H groups in total. The smallest absolute Gasteiger partial charge is 0.171 e. The predicted octanol–water partition coefficient (Wildman–Crippen LogP) is 1.74. The van der Waals surface area contributed by atoms with Gasteiger partial charge in [-0.05, 0) is 31.5 Å². The van der Waals surface area contributed by atoms with Gasteiger partial charge in [0.25, 0.3) is 0 Å². The zero-order valence-corrected chi connectivity index (χ0v) is 9.90.